The van der Waals surface area contributed by atoms with Gasteiger partial charge in [-0.05, 0) is 51.4 Å². The Morgan fingerprint density at radius 3 is 2.23 bits per heavy atom. The summed E-state index contributed by atoms with van der Waals surface area (Å²) in [6.07, 6.45) is 3.33. The molecule has 3 rings (SSSR count). The first-order valence-corrected chi connectivity index (χ1v) is 8.83. The second kappa shape index (κ2) is 7.39. The van der Waals surface area contributed by atoms with E-state index in [2.05, 4.69) is 4.98 Å². The molecule has 0 radical (unpaired) electrons. The summed E-state index contributed by atoms with van der Waals surface area (Å²) in [6.45, 7) is 8.65. The van der Waals surface area contributed by atoms with Crippen molar-refractivity contribution in [3.05, 3.63) is 54.4 Å². The van der Waals surface area contributed by atoms with E-state index in [0.29, 0.717) is 6.61 Å². The molecule has 1 fully saturated rings. The van der Waals surface area contributed by atoms with E-state index in [1.54, 1.807) is 19.5 Å². The maximum absolute atomic E-state index is 6.09. The first-order valence-electron chi connectivity index (χ1n) is 8.83. The maximum atomic E-state index is 6.09. The van der Waals surface area contributed by atoms with Crippen LogP contribution >= 0.6 is 0 Å². The Labute approximate surface area is 155 Å². The van der Waals surface area contributed by atoms with Crippen LogP contribution < -0.4 is 10.2 Å². The lowest BCUT2D eigenvalue weighted by Crippen LogP contribution is -2.41. The fraction of sp³-hybridized carbons (Fsp3) is 0.450. The Morgan fingerprint density at radius 1 is 1.04 bits per heavy atom. The predicted octanol–water partition coefficient (Wildman–Crippen LogP) is 3.15. The van der Waals surface area contributed by atoms with Gasteiger partial charge in [0.05, 0.1) is 17.8 Å². The molecule has 26 heavy (non-hydrogen) atoms. The SMILES string of the molecule is COCC(Oc1ccc(B2OC(C)(C)C(C)(C)O2)cc1)c1cccnc1. The van der Waals surface area contributed by atoms with Gasteiger partial charge in [0.25, 0.3) is 0 Å². The van der Waals surface area contributed by atoms with E-state index < -0.39 is 0 Å². The van der Waals surface area contributed by atoms with Crippen LogP contribution in [0.15, 0.2) is 48.8 Å². The fourth-order valence-corrected chi connectivity index (χ4v) is 2.76. The van der Waals surface area contributed by atoms with Gasteiger partial charge in [-0.1, -0.05) is 18.2 Å². The van der Waals surface area contributed by atoms with Crippen molar-refractivity contribution >= 4 is 12.6 Å². The summed E-state index contributed by atoms with van der Waals surface area (Å²) in [5.74, 6) is 0.760. The van der Waals surface area contributed by atoms with Crippen molar-refractivity contribution in [3.63, 3.8) is 0 Å². The topological polar surface area (TPSA) is 49.8 Å². The second-order valence-electron chi connectivity index (χ2n) is 7.51. The molecule has 6 heteroatoms. The summed E-state index contributed by atoms with van der Waals surface area (Å²) in [5, 5.41) is 0. The van der Waals surface area contributed by atoms with Crippen molar-refractivity contribution in [3.8, 4) is 5.75 Å². The molecule has 0 N–H and O–H groups in total. The van der Waals surface area contributed by atoms with Crippen LogP contribution in [0.1, 0.15) is 39.4 Å². The average molecular weight is 355 g/mol. The first kappa shape index (κ1) is 18.9. The van der Waals surface area contributed by atoms with Gasteiger partial charge in [0.15, 0.2) is 0 Å². The minimum absolute atomic E-state index is 0.212. The summed E-state index contributed by atoms with van der Waals surface area (Å²) in [4.78, 5) is 4.15. The second-order valence-corrected chi connectivity index (χ2v) is 7.51. The van der Waals surface area contributed by atoms with E-state index >= 15 is 0 Å². The normalized spacial score (nSPS) is 19.3. The van der Waals surface area contributed by atoms with Gasteiger partial charge < -0.3 is 18.8 Å². The molecule has 1 aromatic carbocycles. The molecule has 1 unspecified atom stereocenters. The number of hydrogen-bond acceptors (Lipinski definition) is 5. The zero-order chi connectivity index (χ0) is 18.8. The third kappa shape index (κ3) is 3.93. The lowest BCUT2D eigenvalue weighted by atomic mass is 9.79. The molecule has 2 heterocycles. The molecule has 0 bridgehead atoms. The largest absolute Gasteiger partial charge is 0.494 e. The molecule has 1 atom stereocenters. The molecule has 0 spiro atoms. The summed E-state index contributed by atoms with van der Waals surface area (Å²) < 4.78 is 23.6. The summed E-state index contributed by atoms with van der Waals surface area (Å²) >= 11 is 0. The fourth-order valence-electron chi connectivity index (χ4n) is 2.76. The predicted molar refractivity (Wildman–Crippen MR) is 102 cm³/mol. The Balaban J connectivity index is 1.71. The number of benzene rings is 1. The zero-order valence-corrected chi connectivity index (χ0v) is 16.1. The van der Waals surface area contributed by atoms with Crippen molar-refractivity contribution in [2.24, 2.45) is 0 Å². The highest BCUT2D eigenvalue weighted by molar-refractivity contribution is 6.62. The number of methoxy groups -OCH3 is 1. The molecule has 1 saturated heterocycles. The van der Waals surface area contributed by atoms with E-state index in [1.807, 2.05) is 64.1 Å². The average Bonchev–Trinajstić information content (AvgIpc) is 2.83. The van der Waals surface area contributed by atoms with E-state index in [9.17, 15) is 0 Å². The lowest BCUT2D eigenvalue weighted by Gasteiger charge is -2.32. The highest BCUT2D eigenvalue weighted by Gasteiger charge is 2.51. The number of rotatable bonds is 6. The van der Waals surface area contributed by atoms with Crippen molar-refractivity contribution in [1.82, 2.24) is 4.98 Å². The molecule has 0 amide bonds. The van der Waals surface area contributed by atoms with Crippen molar-refractivity contribution < 1.29 is 18.8 Å². The molecule has 1 aromatic heterocycles. The van der Waals surface area contributed by atoms with E-state index in [1.165, 1.54) is 0 Å². The summed E-state index contributed by atoms with van der Waals surface area (Å²) in [5.41, 5.74) is 1.25. The number of nitrogens with zero attached hydrogens (tertiary/aromatic N) is 1. The standard InChI is InChI=1S/C20H26BNO4/c1-19(2)20(3,4)26-21(25-19)16-8-10-17(11-9-16)24-18(14-23-5)15-7-6-12-22-13-15/h6-13,18H,14H2,1-5H3. The van der Waals surface area contributed by atoms with Crippen LogP contribution in [0.5, 0.6) is 5.75 Å². The highest BCUT2D eigenvalue weighted by atomic mass is 16.7. The Bertz CT molecular complexity index is 702. The van der Waals surface area contributed by atoms with Crippen molar-refractivity contribution in [2.75, 3.05) is 13.7 Å². The van der Waals surface area contributed by atoms with Gasteiger partial charge in [-0.2, -0.15) is 0 Å². The van der Waals surface area contributed by atoms with Crippen LogP contribution in [0.3, 0.4) is 0 Å². The number of aromatic nitrogens is 1. The molecule has 1 aliphatic rings. The third-order valence-electron chi connectivity index (χ3n) is 5.06. The van der Waals surface area contributed by atoms with Gasteiger partial charge in [-0.3, -0.25) is 4.98 Å². The summed E-state index contributed by atoms with van der Waals surface area (Å²) in [7, 11) is 1.29. The molecule has 0 aliphatic carbocycles. The number of pyridine rings is 1. The molecule has 1 aliphatic heterocycles. The Morgan fingerprint density at radius 2 is 1.69 bits per heavy atom. The third-order valence-corrected chi connectivity index (χ3v) is 5.06. The van der Waals surface area contributed by atoms with Crippen LogP contribution in [0.4, 0.5) is 0 Å². The zero-order valence-electron chi connectivity index (χ0n) is 16.1. The maximum Gasteiger partial charge on any atom is 0.494 e. The molecular weight excluding hydrogens is 329 g/mol. The van der Waals surface area contributed by atoms with Crippen molar-refractivity contribution in [1.29, 1.82) is 0 Å². The Kier molecular flexibility index (Phi) is 5.37. The summed E-state index contributed by atoms with van der Waals surface area (Å²) in [6, 6.07) is 11.7. The van der Waals surface area contributed by atoms with Crippen LogP contribution in [0.25, 0.3) is 0 Å². The molecule has 0 saturated carbocycles. The van der Waals surface area contributed by atoms with Gasteiger partial charge >= 0.3 is 7.12 Å². The molecular formula is C20H26BNO4. The molecule has 5 nitrogen and oxygen atoms in total. The minimum atomic E-state index is -0.373. The number of hydrogen-bond donors (Lipinski definition) is 0. The van der Waals surface area contributed by atoms with E-state index in [0.717, 1.165) is 16.8 Å². The monoisotopic (exact) mass is 355 g/mol. The van der Waals surface area contributed by atoms with Crippen molar-refractivity contribution in [2.45, 2.75) is 45.0 Å². The lowest BCUT2D eigenvalue weighted by molar-refractivity contribution is 0.00578. The smallest absolute Gasteiger partial charge is 0.483 e. The Hall–Kier alpha value is -1.89. The van der Waals surface area contributed by atoms with Gasteiger partial charge in [0, 0.05) is 25.1 Å². The van der Waals surface area contributed by atoms with Crippen LogP contribution in [-0.4, -0.2) is 37.0 Å². The van der Waals surface area contributed by atoms with E-state index in [-0.39, 0.29) is 24.4 Å². The molecule has 2 aromatic rings. The molecule has 138 valence electrons. The first-order chi connectivity index (χ1) is 12.3. The number of ether oxygens (including phenoxy) is 2. The van der Waals surface area contributed by atoms with E-state index in [4.69, 9.17) is 18.8 Å². The highest BCUT2D eigenvalue weighted by Crippen LogP contribution is 2.36. The van der Waals surface area contributed by atoms with Gasteiger partial charge in [-0.15, -0.1) is 0 Å². The van der Waals surface area contributed by atoms with Crippen LogP contribution in [0, 0.1) is 0 Å². The van der Waals surface area contributed by atoms with Gasteiger partial charge in [0.1, 0.15) is 11.9 Å². The minimum Gasteiger partial charge on any atom is -0.483 e. The van der Waals surface area contributed by atoms with Crippen LogP contribution in [0.2, 0.25) is 0 Å². The van der Waals surface area contributed by atoms with Gasteiger partial charge in [-0.25, -0.2) is 0 Å². The van der Waals surface area contributed by atoms with Crippen LogP contribution in [-0.2, 0) is 14.0 Å². The van der Waals surface area contributed by atoms with Gasteiger partial charge in [0.2, 0.25) is 0 Å². The quantitative estimate of drug-likeness (QED) is 0.745.